The van der Waals surface area contributed by atoms with Gasteiger partial charge in [-0.1, -0.05) is 0 Å². The summed E-state index contributed by atoms with van der Waals surface area (Å²) in [5, 5.41) is 0.962. The molecule has 1 fully saturated rings. The average Bonchev–Trinajstić information content (AvgIpc) is 2.73. The number of fused-ring (bicyclic) bond motifs is 1. The predicted octanol–water partition coefficient (Wildman–Crippen LogP) is 2.14. The normalized spacial score (nSPS) is 14.2. The summed E-state index contributed by atoms with van der Waals surface area (Å²) in [6.07, 6.45) is 1.66. The van der Waals surface area contributed by atoms with Crippen LogP contribution >= 0.6 is 0 Å². The Hall–Kier alpha value is -3.19. The zero-order valence-electron chi connectivity index (χ0n) is 15.6. The Morgan fingerprint density at radius 1 is 1.21 bits per heavy atom. The number of pyridine rings is 2. The largest absolute Gasteiger partial charge is 0.484 e. The summed E-state index contributed by atoms with van der Waals surface area (Å²) >= 11 is 0. The zero-order valence-corrected chi connectivity index (χ0v) is 15.6. The summed E-state index contributed by atoms with van der Waals surface area (Å²) in [4.78, 5) is 32.6. The van der Waals surface area contributed by atoms with Crippen LogP contribution in [0, 0.1) is 6.92 Å². The number of morpholine rings is 1. The molecule has 3 heterocycles. The van der Waals surface area contributed by atoms with E-state index in [1.807, 2.05) is 31.2 Å². The maximum atomic E-state index is 12.2. The van der Waals surface area contributed by atoms with Crippen LogP contribution in [-0.2, 0) is 9.53 Å². The topological polar surface area (TPSA) is 84.5 Å². The molecule has 0 radical (unpaired) electrons. The minimum Gasteiger partial charge on any atom is -0.484 e. The van der Waals surface area contributed by atoms with Crippen LogP contribution in [0.3, 0.4) is 0 Å². The maximum absolute atomic E-state index is 12.2. The molecule has 1 aliphatic heterocycles. The first-order valence-electron chi connectivity index (χ1n) is 9.19. The molecule has 0 aliphatic carbocycles. The van der Waals surface area contributed by atoms with Gasteiger partial charge in [0.15, 0.2) is 6.61 Å². The van der Waals surface area contributed by atoms with Crippen LogP contribution in [0.2, 0.25) is 0 Å². The number of ether oxygens (including phenoxy) is 2. The van der Waals surface area contributed by atoms with Crippen LogP contribution in [0.15, 0.2) is 47.4 Å². The Labute approximate surface area is 161 Å². The van der Waals surface area contributed by atoms with E-state index in [1.165, 1.54) is 6.07 Å². The van der Waals surface area contributed by atoms with Crippen molar-refractivity contribution < 1.29 is 14.3 Å². The molecule has 0 spiro atoms. The quantitative estimate of drug-likeness (QED) is 0.751. The maximum Gasteiger partial charge on any atom is 0.260 e. The second kappa shape index (κ2) is 7.82. The molecule has 1 aromatic carbocycles. The SMILES string of the molecule is Cc1cc(-c2ccc(=O)[nH]c2)nc2ccc(OCC(=O)N3CCOCC3)cc12. The summed E-state index contributed by atoms with van der Waals surface area (Å²) in [7, 11) is 0. The summed E-state index contributed by atoms with van der Waals surface area (Å²) < 4.78 is 11.0. The van der Waals surface area contributed by atoms with Crippen molar-refractivity contribution in [3.63, 3.8) is 0 Å². The van der Waals surface area contributed by atoms with Gasteiger partial charge in [-0.2, -0.15) is 0 Å². The van der Waals surface area contributed by atoms with Gasteiger partial charge < -0.3 is 19.4 Å². The molecule has 1 N–H and O–H groups in total. The summed E-state index contributed by atoms with van der Waals surface area (Å²) in [5.74, 6) is 0.600. The number of nitrogens with zero attached hydrogens (tertiary/aromatic N) is 2. The molecule has 0 saturated carbocycles. The third kappa shape index (κ3) is 3.89. The Morgan fingerprint density at radius 3 is 2.79 bits per heavy atom. The fourth-order valence-electron chi connectivity index (χ4n) is 3.23. The molecular formula is C21H21N3O4. The van der Waals surface area contributed by atoms with Gasteiger partial charge in [-0.05, 0) is 42.8 Å². The van der Waals surface area contributed by atoms with Gasteiger partial charge in [0.05, 0.1) is 24.4 Å². The molecule has 1 aliphatic rings. The molecular weight excluding hydrogens is 358 g/mol. The first-order valence-corrected chi connectivity index (χ1v) is 9.19. The Kier molecular flexibility index (Phi) is 5.08. The fraction of sp³-hybridized carbons (Fsp3) is 0.286. The number of rotatable bonds is 4. The van der Waals surface area contributed by atoms with Gasteiger partial charge in [-0.3, -0.25) is 9.59 Å². The second-order valence-electron chi connectivity index (χ2n) is 6.73. The van der Waals surface area contributed by atoms with Crippen LogP contribution < -0.4 is 10.3 Å². The summed E-state index contributed by atoms with van der Waals surface area (Å²) in [6.45, 7) is 4.37. The van der Waals surface area contributed by atoms with E-state index < -0.39 is 0 Å². The van der Waals surface area contributed by atoms with Crippen molar-refractivity contribution in [1.29, 1.82) is 0 Å². The van der Waals surface area contributed by atoms with Crippen molar-refractivity contribution in [2.24, 2.45) is 0 Å². The molecule has 0 unspecified atom stereocenters. The molecule has 2 aromatic heterocycles. The van der Waals surface area contributed by atoms with E-state index in [9.17, 15) is 9.59 Å². The fourth-order valence-corrected chi connectivity index (χ4v) is 3.23. The number of benzene rings is 1. The van der Waals surface area contributed by atoms with E-state index in [-0.39, 0.29) is 18.1 Å². The number of aromatic amines is 1. The highest BCUT2D eigenvalue weighted by Gasteiger charge is 2.17. The van der Waals surface area contributed by atoms with Gasteiger partial charge in [0, 0.05) is 36.3 Å². The van der Waals surface area contributed by atoms with Crippen molar-refractivity contribution in [3.8, 4) is 17.0 Å². The number of H-pyrrole nitrogens is 1. The zero-order chi connectivity index (χ0) is 19.5. The van der Waals surface area contributed by atoms with E-state index in [0.717, 1.165) is 27.7 Å². The molecule has 0 atom stereocenters. The van der Waals surface area contributed by atoms with E-state index in [2.05, 4.69) is 9.97 Å². The molecule has 3 aromatic rings. The molecule has 7 heteroatoms. The molecule has 144 valence electrons. The molecule has 7 nitrogen and oxygen atoms in total. The average molecular weight is 379 g/mol. The van der Waals surface area contributed by atoms with Crippen LogP contribution in [-0.4, -0.2) is 53.7 Å². The van der Waals surface area contributed by atoms with Gasteiger partial charge in [-0.25, -0.2) is 4.98 Å². The van der Waals surface area contributed by atoms with Gasteiger partial charge >= 0.3 is 0 Å². The first-order chi connectivity index (χ1) is 13.6. The van der Waals surface area contributed by atoms with Crippen LogP contribution in [0.25, 0.3) is 22.2 Å². The first kappa shape index (κ1) is 18.2. The van der Waals surface area contributed by atoms with Crippen molar-refractivity contribution in [3.05, 3.63) is 58.5 Å². The highest BCUT2D eigenvalue weighted by Crippen LogP contribution is 2.26. The highest BCUT2D eigenvalue weighted by atomic mass is 16.5. The molecule has 1 saturated heterocycles. The summed E-state index contributed by atoms with van der Waals surface area (Å²) in [5.41, 5.74) is 3.36. The van der Waals surface area contributed by atoms with Crippen molar-refractivity contribution in [1.82, 2.24) is 14.9 Å². The van der Waals surface area contributed by atoms with Crippen LogP contribution in [0.1, 0.15) is 5.56 Å². The Morgan fingerprint density at radius 2 is 2.04 bits per heavy atom. The highest BCUT2D eigenvalue weighted by molar-refractivity contribution is 5.86. The van der Waals surface area contributed by atoms with Gasteiger partial charge in [-0.15, -0.1) is 0 Å². The number of aryl methyl sites for hydroxylation is 1. The number of aromatic nitrogens is 2. The molecule has 28 heavy (non-hydrogen) atoms. The molecule has 0 bridgehead atoms. The number of amides is 1. The lowest BCUT2D eigenvalue weighted by Crippen LogP contribution is -2.42. The molecule has 1 amide bonds. The number of hydrogen-bond donors (Lipinski definition) is 1. The minimum atomic E-state index is -0.144. The van der Waals surface area contributed by atoms with E-state index >= 15 is 0 Å². The van der Waals surface area contributed by atoms with E-state index in [0.29, 0.717) is 32.1 Å². The van der Waals surface area contributed by atoms with E-state index in [1.54, 1.807) is 17.2 Å². The smallest absolute Gasteiger partial charge is 0.260 e. The number of nitrogens with one attached hydrogen (secondary N) is 1. The lowest BCUT2D eigenvalue weighted by molar-refractivity contribution is -0.137. The van der Waals surface area contributed by atoms with Gasteiger partial charge in [0.1, 0.15) is 5.75 Å². The number of hydrogen-bond acceptors (Lipinski definition) is 5. The lowest BCUT2D eigenvalue weighted by atomic mass is 10.1. The van der Waals surface area contributed by atoms with Crippen LogP contribution in [0.5, 0.6) is 5.75 Å². The Bertz CT molecular complexity index is 1050. The standard InChI is InChI=1S/C21H21N3O4/c1-14-10-19(15-2-5-20(25)22-12-15)23-18-4-3-16(11-17(14)18)28-13-21(26)24-6-8-27-9-7-24/h2-5,10-12H,6-9,13H2,1H3,(H,22,25). The number of carbonyl (C=O) groups is 1. The monoisotopic (exact) mass is 379 g/mol. The molecule has 4 rings (SSSR count). The van der Waals surface area contributed by atoms with Crippen molar-refractivity contribution in [2.45, 2.75) is 6.92 Å². The van der Waals surface area contributed by atoms with Crippen molar-refractivity contribution in [2.75, 3.05) is 32.9 Å². The number of carbonyl (C=O) groups excluding carboxylic acids is 1. The second-order valence-corrected chi connectivity index (χ2v) is 6.73. The van der Waals surface area contributed by atoms with Crippen molar-refractivity contribution >= 4 is 16.8 Å². The van der Waals surface area contributed by atoms with Gasteiger partial charge in [0.25, 0.3) is 5.91 Å². The summed E-state index contributed by atoms with van der Waals surface area (Å²) in [6, 6.07) is 10.8. The third-order valence-corrected chi connectivity index (χ3v) is 4.79. The Balaban J connectivity index is 1.53. The third-order valence-electron chi connectivity index (χ3n) is 4.79. The van der Waals surface area contributed by atoms with E-state index in [4.69, 9.17) is 9.47 Å². The lowest BCUT2D eigenvalue weighted by Gasteiger charge is -2.26. The van der Waals surface area contributed by atoms with Crippen LogP contribution in [0.4, 0.5) is 0 Å². The predicted molar refractivity (Wildman–Crippen MR) is 105 cm³/mol. The van der Waals surface area contributed by atoms with Gasteiger partial charge in [0.2, 0.25) is 5.56 Å². The minimum absolute atomic E-state index is 0.00739.